The third-order valence-electron chi connectivity index (χ3n) is 4.58. The molecule has 1 amide bonds. The van der Waals surface area contributed by atoms with E-state index in [2.05, 4.69) is 15.0 Å². The number of alkyl halides is 3. The summed E-state index contributed by atoms with van der Waals surface area (Å²) in [5.41, 5.74) is 5.72. The van der Waals surface area contributed by atoms with Gasteiger partial charge in [0.1, 0.15) is 11.5 Å². The standard InChI is InChI=1S/C21H20ClF3N4O4S2/c22-14-3-5-17(13(8-14)2-1-7-27-10-19(26)30)33-18-6-4-15(9-16(18)21(23,24)25)35(31,32)29-20-11-34-12-28-20/h3-6,8-9,11-12,27,29H,1-2,7,10H2,(H2,26,30). The number of aromatic nitrogens is 1. The lowest BCUT2D eigenvalue weighted by Gasteiger charge is -2.17. The zero-order valence-electron chi connectivity index (χ0n) is 17.9. The molecular formula is C21H20ClF3N4O4S2. The molecule has 0 aliphatic carbocycles. The van der Waals surface area contributed by atoms with Gasteiger partial charge in [-0.3, -0.25) is 9.52 Å². The van der Waals surface area contributed by atoms with Gasteiger partial charge in [0.05, 0.1) is 22.5 Å². The van der Waals surface area contributed by atoms with Gasteiger partial charge in [-0.2, -0.15) is 13.2 Å². The van der Waals surface area contributed by atoms with E-state index in [-0.39, 0.29) is 18.1 Å². The molecule has 188 valence electrons. The fraction of sp³-hybridized carbons (Fsp3) is 0.238. The number of sulfonamides is 1. The van der Waals surface area contributed by atoms with Crippen molar-refractivity contribution in [2.24, 2.45) is 5.73 Å². The monoisotopic (exact) mass is 548 g/mol. The van der Waals surface area contributed by atoms with Gasteiger partial charge in [0.15, 0.2) is 5.82 Å². The van der Waals surface area contributed by atoms with Crippen LogP contribution in [0.25, 0.3) is 0 Å². The van der Waals surface area contributed by atoms with E-state index in [0.717, 1.165) is 23.5 Å². The first-order valence-electron chi connectivity index (χ1n) is 10.0. The van der Waals surface area contributed by atoms with Gasteiger partial charge >= 0.3 is 6.18 Å². The highest BCUT2D eigenvalue weighted by molar-refractivity contribution is 7.92. The van der Waals surface area contributed by atoms with E-state index >= 15 is 0 Å². The Hall–Kier alpha value is -2.87. The molecule has 0 fully saturated rings. The summed E-state index contributed by atoms with van der Waals surface area (Å²) in [6, 6.07) is 6.94. The topological polar surface area (TPSA) is 123 Å². The smallest absolute Gasteiger partial charge is 0.420 e. The zero-order chi connectivity index (χ0) is 25.6. The molecule has 0 atom stereocenters. The number of nitrogens with zero attached hydrogens (tertiary/aromatic N) is 1. The van der Waals surface area contributed by atoms with Crippen molar-refractivity contribution in [3.63, 3.8) is 0 Å². The number of nitrogens with one attached hydrogen (secondary N) is 2. The molecule has 0 radical (unpaired) electrons. The van der Waals surface area contributed by atoms with Crippen molar-refractivity contribution in [3.8, 4) is 11.5 Å². The molecule has 14 heteroatoms. The molecule has 4 N–H and O–H groups in total. The largest absolute Gasteiger partial charge is 0.456 e. The first kappa shape index (κ1) is 26.7. The molecular weight excluding hydrogens is 529 g/mol. The summed E-state index contributed by atoms with van der Waals surface area (Å²) in [5, 5.41) is 4.61. The molecule has 0 aliphatic heterocycles. The van der Waals surface area contributed by atoms with E-state index in [1.165, 1.54) is 23.0 Å². The van der Waals surface area contributed by atoms with Crippen molar-refractivity contribution in [1.29, 1.82) is 0 Å². The fourth-order valence-electron chi connectivity index (χ4n) is 3.02. The van der Waals surface area contributed by atoms with Gasteiger partial charge < -0.3 is 15.8 Å². The van der Waals surface area contributed by atoms with Crippen molar-refractivity contribution in [2.45, 2.75) is 23.9 Å². The minimum Gasteiger partial charge on any atom is -0.456 e. The van der Waals surface area contributed by atoms with Crippen molar-refractivity contribution in [1.82, 2.24) is 10.3 Å². The summed E-state index contributed by atoms with van der Waals surface area (Å²) < 4.78 is 74.3. The minimum absolute atomic E-state index is 0.00000907. The number of nitrogens with two attached hydrogens (primary N) is 1. The lowest BCUT2D eigenvalue weighted by atomic mass is 10.1. The van der Waals surface area contributed by atoms with E-state index in [9.17, 15) is 26.4 Å². The Bertz CT molecular complexity index is 1290. The van der Waals surface area contributed by atoms with Crippen molar-refractivity contribution < 1.29 is 31.1 Å². The number of anilines is 1. The molecule has 3 aromatic rings. The van der Waals surface area contributed by atoms with Gasteiger partial charge in [0.25, 0.3) is 10.0 Å². The van der Waals surface area contributed by atoms with Crippen LogP contribution in [0.1, 0.15) is 17.5 Å². The highest BCUT2D eigenvalue weighted by Gasteiger charge is 2.36. The number of hydrogen-bond acceptors (Lipinski definition) is 7. The lowest BCUT2D eigenvalue weighted by molar-refractivity contribution is -0.138. The number of aryl methyl sites for hydroxylation is 1. The Morgan fingerprint density at radius 1 is 1.17 bits per heavy atom. The fourth-order valence-corrected chi connectivity index (χ4v) is 4.80. The number of primary amides is 1. The lowest BCUT2D eigenvalue weighted by Crippen LogP contribution is -2.29. The van der Waals surface area contributed by atoms with Crippen LogP contribution in [0.2, 0.25) is 5.02 Å². The van der Waals surface area contributed by atoms with Gasteiger partial charge in [-0.15, -0.1) is 11.3 Å². The highest BCUT2D eigenvalue weighted by Crippen LogP contribution is 2.40. The van der Waals surface area contributed by atoms with Gasteiger partial charge in [-0.1, -0.05) is 11.6 Å². The summed E-state index contributed by atoms with van der Waals surface area (Å²) >= 11 is 7.17. The Labute approximate surface area is 208 Å². The molecule has 1 aromatic heterocycles. The van der Waals surface area contributed by atoms with Crippen molar-refractivity contribution in [3.05, 3.63) is 63.4 Å². The maximum Gasteiger partial charge on any atom is 0.420 e. The first-order valence-corrected chi connectivity index (χ1v) is 12.8. The summed E-state index contributed by atoms with van der Waals surface area (Å²) in [6.07, 6.45) is -3.99. The highest BCUT2D eigenvalue weighted by atomic mass is 35.5. The SMILES string of the molecule is NC(=O)CNCCCc1cc(Cl)ccc1Oc1ccc(S(=O)(=O)Nc2cscn2)cc1C(F)(F)F. The van der Waals surface area contributed by atoms with Gasteiger partial charge in [-0.05, 0) is 61.3 Å². The van der Waals surface area contributed by atoms with Gasteiger partial charge in [0, 0.05) is 10.4 Å². The Morgan fingerprint density at radius 3 is 2.57 bits per heavy atom. The Balaban J connectivity index is 1.86. The van der Waals surface area contributed by atoms with Crippen molar-refractivity contribution >= 4 is 44.7 Å². The van der Waals surface area contributed by atoms with E-state index in [1.54, 1.807) is 6.07 Å². The molecule has 2 aromatic carbocycles. The third-order valence-corrected chi connectivity index (χ3v) is 6.75. The molecule has 0 bridgehead atoms. The predicted molar refractivity (Wildman–Crippen MR) is 126 cm³/mol. The molecule has 0 saturated heterocycles. The molecule has 0 unspecified atom stereocenters. The summed E-state index contributed by atoms with van der Waals surface area (Å²) in [6.45, 7) is 0.432. The molecule has 3 rings (SSSR count). The second-order valence-electron chi connectivity index (χ2n) is 7.24. The van der Waals surface area contributed by atoms with E-state index in [0.29, 0.717) is 36.0 Å². The van der Waals surface area contributed by atoms with Crippen LogP contribution in [0, 0.1) is 0 Å². The molecule has 8 nitrogen and oxygen atoms in total. The molecule has 0 aliphatic rings. The number of carbonyl (C=O) groups excluding carboxylic acids is 1. The molecule has 35 heavy (non-hydrogen) atoms. The Kier molecular flexibility index (Phi) is 8.59. The normalized spacial score (nSPS) is 11.9. The van der Waals surface area contributed by atoms with Crippen LogP contribution in [-0.2, 0) is 27.4 Å². The van der Waals surface area contributed by atoms with Crippen LogP contribution in [0.4, 0.5) is 19.0 Å². The number of thiazole rings is 1. The molecule has 1 heterocycles. The maximum absolute atomic E-state index is 13.8. The van der Waals surface area contributed by atoms with Crippen molar-refractivity contribution in [2.75, 3.05) is 17.8 Å². The number of carbonyl (C=O) groups is 1. The maximum atomic E-state index is 13.8. The zero-order valence-corrected chi connectivity index (χ0v) is 20.3. The number of amides is 1. The van der Waals surface area contributed by atoms with E-state index < -0.39 is 38.3 Å². The van der Waals surface area contributed by atoms with Crippen LogP contribution < -0.4 is 20.5 Å². The van der Waals surface area contributed by atoms with Crippen LogP contribution in [0.5, 0.6) is 11.5 Å². The molecule has 0 spiro atoms. The predicted octanol–water partition coefficient (Wildman–Crippen LogP) is 4.42. The van der Waals surface area contributed by atoms with Gasteiger partial charge in [0.2, 0.25) is 5.91 Å². The summed E-state index contributed by atoms with van der Waals surface area (Å²) in [5.74, 6) is -0.949. The van der Waals surface area contributed by atoms with E-state index in [4.69, 9.17) is 22.1 Å². The minimum atomic E-state index is -4.90. The van der Waals surface area contributed by atoms with Crippen LogP contribution in [0.3, 0.4) is 0 Å². The third kappa shape index (κ3) is 7.56. The Morgan fingerprint density at radius 2 is 1.91 bits per heavy atom. The number of hydrogen-bond donors (Lipinski definition) is 3. The number of benzene rings is 2. The molecule has 0 saturated carbocycles. The van der Waals surface area contributed by atoms with Crippen LogP contribution >= 0.6 is 22.9 Å². The average Bonchev–Trinajstić information content (AvgIpc) is 3.26. The number of rotatable bonds is 11. The quantitative estimate of drug-likeness (QED) is 0.305. The van der Waals surface area contributed by atoms with Gasteiger partial charge in [-0.25, -0.2) is 13.4 Å². The second-order valence-corrected chi connectivity index (χ2v) is 10.1. The first-order chi connectivity index (χ1) is 16.5. The van der Waals surface area contributed by atoms with Crippen LogP contribution in [-0.4, -0.2) is 32.4 Å². The number of ether oxygens (including phenoxy) is 1. The number of halogens is 4. The second kappa shape index (κ2) is 11.2. The van der Waals surface area contributed by atoms with Crippen LogP contribution in [0.15, 0.2) is 52.2 Å². The van der Waals surface area contributed by atoms with E-state index in [1.807, 2.05) is 0 Å². The average molecular weight is 549 g/mol. The summed E-state index contributed by atoms with van der Waals surface area (Å²) in [7, 11) is -4.31. The summed E-state index contributed by atoms with van der Waals surface area (Å²) in [4.78, 5) is 14.0.